The molecule has 106 valence electrons. The summed E-state index contributed by atoms with van der Waals surface area (Å²) in [5.74, 6) is -1.90. The summed E-state index contributed by atoms with van der Waals surface area (Å²) < 4.78 is 26.8. The predicted octanol–water partition coefficient (Wildman–Crippen LogP) is 2.98. The van der Waals surface area contributed by atoms with E-state index in [0.29, 0.717) is 0 Å². The maximum absolute atomic E-state index is 13.6. The zero-order valence-electron chi connectivity index (χ0n) is 11.1. The summed E-state index contributed by atoms with van der Waals surface area (Å²) >= 11 is 0. The van der Waals surface area contributed by atoms with Crippen LogP contribution >= 0.6 is 0 Å². The van der Waals surface area contributed by atoms with Crippen LogP contribution in [-0.2, 0) is 0 Å². The molecule has 0 spiro atoms. The van der Waals surface area contributed by atoms with E-state index >= 15 is 0 Å². The summed E-state index contributed by atoms with van der Waals surface area (Å²) in [6.07, 6.45) is 0. The van der Waals surface area contributed by atoms with Crippen molar-refractivity contribution in [1.29, 1.82) is 5.26 Å². The standard InChI is InChI=1S/C15H11F2N3O/c1-8-12(17)4-9(7-18)5-14(8)20-15(21)11-6-10(16)2-3-13(11)19/h2-6H,19H2,1H3,(H,20,21). The lowest BCUT2D eigenvalue weighted by Crippen LogP contribution is -2.15. The highest BCUT2D eigenvalue weighted by atomic mass is 19.1. The predicted molar refractivity (Wildman–Crippen MR) is 74.6 cm³/mol. The van der Waals surface area contributed by atoms with Crippen molar-refractivity contribution in [1.82, 2.24) is 0 Å². The molecule has 0 aliphatic heterocycles. The van der Waals surface area contributed by atoms with Crippen LogP contribution in [0.3, 0.4) is 0 Å². The highest BCUT2D eigenvalue weighted by molar-refractivity contribution is 6.08. The van der Waals surface area contributed by atoms with Crippen molar-refractivity contribution in [2.75, 3.05) is 11.1 Å². The van der Waals surface area contributed by atoms with Gasteiger partial charge in [-0.25, -0.2) is 8.78 Å². The molecular weight excluding hydrogens is 276 g/mol. The number of carbonyl (C=O) groups excluding carboxylic acids is 1. The van der Waals surface area contributed by atoms with Crippen molar-refractivity contribution in [2.45, 2.75) is 6.92 Å². The first kappa shape index (κ1) is 14.5. The van der Waals surface area contributed by atoms with Crippen molar-refractivity contribution >= 4 is 17.3 Å². The topological polar surface area (TPSA) is 78.9 Å². The number of benzene rings is 2. The molecule has 1 amide bonds. The SMILES string of the molecule is Cc1c(F)cc(C#N)cc1NC(=O)c1cc(F)ccc1N. The van der Waals surface area contributed by atoms with Crippen LogP contribution in [0.4, 0.5) is 20.2 Å². The largest absolute Gasteiger partial charge is 0.398 e. The van der Waals surface area contributed by atoms with E-state index in [2.05, 4.69) is 5.32 Å². The second-order valence-corrected chi connectivity index (χ2v) is 4.43. The second-order valence-electron chi connectivity index (χ2n) is 4.43. The molecule has 2 aromatic carbocycles. The second kappa shape index (κ2) is 5.59. The van der Waals surface area contributed by atoms with Crippen LogP contribution < -0.4 is 11.1 Å². The van der Waals surface area contributed by atoms with E-state index < -0.39 is 17.5 Å². The highest BCUT2D eigenvalue weighted by Crippen LogP contribution is 2.22. The molecule has 0 aromatic heterocycles. The van der Waals surface area contributed by atoms with E-state index in [-0.39, 0.29) is 28.1 Å². The van der Waals surface area contributed by atoms with E-state index in [9.17, 15) is 13.6 Å². The molecule has 0 heterocycles. The fraction of sp³-hybridized carbons (Fsp3) is 0.0667. The summed E-state index contributed by atoms with van der Waals surface area (Å²) in [4.78, 5) is 12.1. The third kappa shape index (κ3) is 2.98. The maximum Gasteiger partial charge on any atom is 0.257 e. The molecule has 21 heavy (non-hydrogen) atoms. The third-order valence-corrected chi connectivity index (χ3v) is 2.98. The van der Waals surface area contributed by atoms with Gasteiger partial charge in [-0.15, -0.1) is 0 Å². The normalized spacial score (nSPS) is 10.0. The van der Waals surface area contributed by atoms with Gasteiger partial charge < -0.3 is 11.1 Å². The van der Waals surface area contributed by atoms with Gasteiger partial charge in [0.15, 0.2) is 0 Å². The number of nitrogens with one attached hydrogen (secondary N) is 1. The Labute approximate surface area is 119 Å². The first-order valence-corrected chi connectivity index (χ1v) is 5.99. The molecule has 0 radical (unpaired) electrons. The Hall–Kier alpha value is -2.94. The number of anilines is 2. The number of rotatable bonds is 2. The van der Waals surface area contributed by atoms with Crippen LogP contribution in [0.5, 0.6) is 0 Å². The number of halogens is 2. The number of hydrogen-bond acceptors (Lipinski definition) is 3. The van der Waals surface area contributed by atoms with Gasteiger partial charge in [-0.2, -0.15) is 5.26 Å². The van der Waals surface area contributed by atoms with Crippen molar-refractivity contribution in [2.24, 2.45) is 0 Å². The molecule has 0 fully saturated rings. The molecule has 0 saturated carbocycles. The molecule has 0 aliphatic rings. The first-order chi connectivity index (χ1) is 9.92. The lowest BCUT2D eigenvalue weighted by Gasteiger charge is -2.11. The lowest BCUT2D eigenvalue weighted by atomic mass is 10.1. The molecule has 0 unspecified atom stereocenters. The monoisotopic (exact) mass is 287 g/mol. The zero-order chi connectivity index (χ0) is 15.6. The average molecular weight is 287 g/mol. The number of nitrogens with zero attached hydrogens (tertiary/aromatic N) is 1. The number of carbonyl (C=O) groups is 1. The van der Waals surface area contributed by atoms with Gasteiger partial charge in [0, 0.05) is 16.9 Å². The molecule has 2 aromatic rings. The number of hydrogen-bond donors (Lipinski definition) is 2. The van der Waals surface area contributed by atoms with Gasteiger partial charge in [0.1, 0.15) is 11.6 Å². The zero-order valence-corrected chi connectivity index (χ0v) is 11.1. The quantitative estimate of drug-likeness (QED) is 0.833. The molecule has 0 atom stereocenters. The number of amides is 1. The van der Waals surface area contributed by atoms with Crippen LogP contribution in [0.25, 0.3) is 0 Å². The Morgan fingerprint density at radius 1 is 1.29 bits per heavy atom. The Balaban J connectivity index is 2.38. The van der Waals surface area contributed by atoms with E-state index in [4.69, 9.17) is 11.0 Å². The minimum Gasteiger partial charge on any atom is -0.398 e. The molecular formula is C15H11F2N3O. The Morgan fingerprint density at radius 3 is 2.67 bits per heavy atom. The molecule has 0 saturated heterocycles. The van der Waals surface area contributed by atoms with Crippen molar-refractivity contribution in [3.63, 3.8) is 0 Å². The molecule has 0 aliphatic carbocycles. The van der Waals surface area contributed by atoms with Crippen molar-refractivity contribution in [3.05, 3.63) is 58.7 Å². The van der Waals surface area contributed by atoms with Gasteiger partial charge in [0.05, 0.1) is 17.2 Å². The van der Waals surface area contributed by atoms with Gasteiger partial charge in [-0.3, -0.25) is 4.79 Å². The fourth-order valence-electron chi connectivity index (χ4n) is 1.79. The van der Waals surface area contributed by atoms with Crippen LogP contribution in [0.2, 0.25) is 0 Å². The Morgan fingerprint density at radius 2 is 2.00 bits per heavy atom. The molecule has 0 bridgehead atoms. The van der Waals surface area contributed by atoms with E-state index in [1.807, 2.05) is 0 Å². The summed E-state index contributed by atoms with van der Waals surface area (Å²) in [5.41, 5.74) is 6.04. The molecule has 3 N–H and O–H groups in total. The van der Waals surface area contributed by atoms with Crippen LogP contribution in [0.15, 0.2) is 30.3 Å². The smallest absolute Gasteiger partial charge is 0.257 e. The van der Waals surface area contributed by atoms with Crippen LogP contribution in [0.1, 0.15) is 21.5 Å². The van der Waals surface area contributed by atoms with Gasteiger partial charge in [0.2, 0.25) is 0 Å². The minimum absolute atomic E-state index is 0.0582. The highest BCUT2D eigenvalue weighted by Gasteiger charge is 2.14. The number of nitrogens with two attached hydrogens (primary N) is 1. The molecule has 2 rings (SSSR count). The number of nitrogen functional groups attached to an aromatic ring is 1. The summed E-state index contributed by atoms with van der Waals surface area (Å²) in [5, 5.41) is 11.2. The van der Waals surface area contributed by atoms with Crippen molar-refractivity contribution < 1.29 is 13.6 Å². The molecule has 6 heteroatoms. The Kier molecular flexibility index (Phi) is 3.85. The molecule has 4 nitrogen and oxygen atoms in total. The number of nitriles is 1. The summed E-state index contributed by atoms with van der Waals surface area (Å²) in [6, 6.07) is 7.59. The van der Waals surface area contributed by atoms with Crippen LogP contribution in [0, 0.1) is 29.9 Å². The summed E-state index contributed by atoms with van der Waals surface area (Å²) in [6.45, 7) is 1.46. The van der Waals surface area contributed by atoms with Crippen molar-refractivity contribution in [3.8, 4) is 6.07 Å². The van der Waals surface area contributed by atoms with E-state index in [0.717, 1.165) is 18.2 Å². The summed E-state index contributed by atoms with van der Waals surface area (Å²) in [7, 11) is 0. The van der Waals surface area contributed by atoms with E-state index in [1.54, 1.807) is 6.07 Å². The first-order valence-electron chi connectivity index (χ1n) is 5.99. The van der Waals surface area contributed by atoms with Gasteiger partial charge in [-0.1, -0.05) is 0 Å². The third-order valence-electron chi connectivity index (χ3n) is 2.98. The van der Waals surface area contributed by atoms with E-state index in [1.165, 1.54) is 19.1 Å². The van der Waals surface area contributed by atoms with Crippen LogP contribution in [-0.4, -0.2) is 5.91 Å². The fourth-order valence-corrected chi connectivity index (χ4v) is 1.79. The van der Waals surface area contributed by atoms with Gasteiger partial charge in [0.25, 0.3) is 5.91 Å². The van der Waals surface area contributed by atoms with Gasteiger partial charge >= 0.3 is 0 Å². The minimum atomic E-state index is -0.676. The maximum atomic E-state index is 13.6. The van der Waals surface area contributed by atoms with Gasteiger partial charge in [-0.05, 0) is 37.3 Å². The average Bonchev–Trinajstić information content (AvgIpc) is 2.46. The lowest BCUT2D eigenvalue weighted by molar-refractivity contribution is 0.102. The Bertz CT molecular complexity index is 766.